The van der Waals surface area contributed by atoms with Crippen LogP contribution in [0.4, 0.5) is 0 Å². The van der Waals surface area contributed by atoms with E-state index in [-0.39, 0.29) is 0 Å². The Bertz CT molecular complexity index is 3150. The number of hydrogen-bond acceptors (Lipinski definition) is 8. The van der Waals surface area contributed by atoms with Crippen molar-refractivity contribution in [3.63, 3.8) is 0 Å². The molecular formula is C46H34N12. The first-order valence-corrected chi connectivity index (χ1v) is 20.0. The van der Waals surface area contributed by atoms with Crippen molar-refractivity contribution in [1.82, 2.24) is 59.8 Å². The molecule has 58 heavy (non-hydrogen) atoms. The first kappa shape index (κ1) is 31.8. The van der Waals surface area contributed by atoms with Gasteiger partial charge in [0, 0.05) is 67.6 Å². The molecule has 278 valence electrons. The summed E-state index contributed by atoms with van der Waals surface area (Å²) in [5.74, 6) is 0. The van der Waals surface area contributed by atoms with Crippen LogP contribution in [-0.4, -0.2) is 59.8 Å². The molecule has 4 aliphatic heterocycles. The standard InChI is InChI=1S/C46H34N12/c1-2-24-14-28-6-10-32(50-28)18-40-44-43(39(53-40)17-31-9-5-27(49-31)13-23(1)47-24)55-35-21-37-38(22-36(35)56-44)58-46-42-20-34-12-8-30(52-34)16-26-4-3-25(48-26)15-29-7-11-33(51-29)19-41(54-42)45(46)57-37/h1-4,13-22,47-48,53-54H,5-12H2. The predicted molar refractivity (Wildman–Crippen MR) is 226 cm³/mol. The molecule has 4 aliphatic rings. The van der Waals surface area contributed by atoms with Crippen LogP contribution in [0.2, 0.25) is 0 Å². The maximum absolute atomic E-state index is 5.27. The monoisotopic (exact) mass is 754 g/mol. The van der Waals surface area contributed by atoms with Crippen LogP contribution in [0.15, 0.2) is 84.9 Å². The second kappa shape index (κ2) is 12.1. The molecule has 12 heteroatoms. The van der Waals surface area contributed by atoms with Crippen molar-refractivity contribution in [3.05, 3.63) is 130 Å². The Morgan fingerprint density at radius 3 is 0.759 bits per heavy atom. The summed E-state index contributed by atoms with van der Waals surface area (Å²) < 4.78 is 0. The van der Waals surface area contributed by atoms with Gasteiger partial charge in [-0.2, -0.15) is 0 Å². The molecule has 4 N–H and O–H groups in total. The average Bonchev–Trinajstić information content (AvgIpc) is 4.07. The summed E-state index contributed by atoms with van der Waals surface area (Å²) in [5, 5.41) is 0. The fourth-order valence-corrected chi connectivity index (χ4v) is 8.93. The van der Waals surface area contributed by atoms with Gasteiger partial charge < -0.3 is 19.9 Å². The van der Waals surface area contributed by atoms with E-state index in [2.05, 4.69) is 92.7 Å². The lowest BCUT2D eigenvalue weighted by atomic mass is 10.2. The van der Waals surface area contributed by atoms with Gasteiger partial charge in [0.25, 0.3) is 0 Å². The van der Waals surface area contributed by atoms with Gasteiger partial charge in [0.1, 0.15) is 22.1 Å². The van der Waals surface area contributed by atoms with Crippen molar-refractivity contribution in [2.24, 2.45) is 0 Å². The van der Waals surface area contributed by atoms with E-state index in [0.717, 1.165) is 185 Å². The number of aromatic nitrogens is 12. The first-order valence-electron chi connectivity index (χ1n) is 20.0. The Labute approximate surface area is 329 Å². The third-order valence-corrected chi connectivity index (χ3v) is 11.7. The van der Waals surface area contributed by atoms with Crippen LogP contribution in [0.5, 0.6) is 0 Å². The van der Waals surface area contributed by atoms with Gasteiger partial charge in [-0.25, -0.2) is 19.9 Å². The Morgan fingerprint density at radius 1 is 0.259 bits per heavy atom. The fourth-order valence-electron chi connectivity index (χ4n) is 8.93. The quantitative estimate of drug-likeness (QED) is 0.112. The summed E-state index contributed by atoms with van der Waals surface area (Å²) in [6.45, 7) is 0. The number of benzene rings is 1. The third kappa shape index (κ3) is 5.43. The summed E-state index contributed by atoms with van der Waals surface area (Å²) in [4.78, 5) is 55.5. The van der Waals surface area contributed by atoms with E-state index in [1.165, 1.54) is 0 Å². The van der Waals surface area contributed by atoms with Gasteiger partial charge >= 0.3 is 0 Å². The van der Waals surface area contributed by atoms with Crippen LogP contribution in [0.1, 0.15) is 45.6 Å². The number of nitrogens with one attached hydrogen (secondary N) is 4. The molecule has 0 saturated carbocycles. The normalized spacial score (nSPS) is 14.3. The smallest absolute Gasteiger partial charge is 0.115 e. The van der Waals surface area contributed by atoms with Crippen LogP contribution >= 0.6 is 0 Å². The second-order valence-corrected chi connectivity index (χ2v) is 15.8. The molecule has 8 aromatic heterocycles. The van der Waals surface area contributed by atoms with E-state index in [4.69, 9.17) is 39.9 Å². The fraction of sp³-hybridized carbons (Fsp3) is 0.174. The average molecular weight is 755 g/mol. The molecule has 0 radical (unpaired) electrons. The summed E-state index contributed by atoms with van der Waals surface area (Å²) in [6, 6.07) is 29.5. The molecule has 12 heterocycles. The van der Waals surface area contributed by atoms with Crippen molar-refractivity contribution in [1.29, 1.82) is 0 Å². The number of aromatic amines is 4. The molecule has 1 aromatic carbocycles. The topological polar surface area (TPSA) is 166 Å². The van der Waals surface area contributed by atoms with Crippen molar-refractivity contribution in [2.45, 2.75) is 51.4 Å². The van der Waals surface area contributed by atoms with Crippen molar-refractivity contribution in [3.8, 4) is 0 Å². The van der Waals surface area contributed by atoms with E-state index < -0.39 is 0 Å². The number of fused-ring (bicyclic) bond motifs is 24. The molecule has 13 rings (SSSR count). The van der Waals surface area contributed by atoms with E-state index >= 15 is 0 Å². The number of H-pyrrole nitrogens is 4. The van der Waals surface area contributed by atoms with Crippen molar-refractivity contribution < 1.29 is 0 Å². The Kier molecular flexibility index (Phi) is 6.63. The Morgan fingerprint density at radius 2 is 0.500 bits per heavy atom. The van der Waals surface area contributed by atoms with Gasteiger partial charge in [-0.05, 0) is 136 Å². The molecule has 0 unspecified atom stereocenters. The lowest BCUT2D eigenvalue weighted by Crippen LogP contribution is -1.90. The zero-order valence-electron chi connectivity index (χ0n) is 31.3. The van der Waals surface area contributed by atoms with E-state index in [9.17, 15) is 0 Å². The minimum absolute atomic E-state index is 0.750. The highest BCUT2D eigenvalue weighted by Gasteiger charge is 2.17. The number of rotatable bonds is 0. The van der Waals surface area contributed by atoms with Gasteiger partial charge in [0.2, 0.25) is 0 Å². The molecule has 12 nitrogen and oxygen atoms in total. The van der Waals surface area contributed by atoms with Gasteiger partial charge in [0.15, 0.2) is 0 Å². The summed E-state index contributed by atoms with van der Waals surface area (Å²) >= 11 is 0. The van der Waals surface area contributed by atoms with E-state index in [1.54, 1.807) is 0 Å². The predicted octanol–water partition coefficient (Wildman–Crippen LogP) is 8.28. The number of aryl methyl sites for hydroxylation is 8. The molecule has 0 spiro atoms. The van der Waals surface area contributed by atoms with E-state index in [1.807, 2.05) is 12.1 Å². The van der Waals surface area contributed by atoms with Gasteiger partial charge in [0.05, 0.1) is 44.1 Å². The van der Waals surface area contributed by atoms with Gasteiger partial charge in [-0.1, -0.05) is 0 Å². The third-order valence-electron chi connectivity index (χ3n) is 11.7. The van der Waals surface area contributed by atoms with Gasteiger partial charge in [-0.15, -0.1) is 0 Å². The maximum atomic E-state index is 5.27. The highest BCUT2D eigenvalue weighted by Crippen LogP contribution is 2.31. The summed E-state index contributed by atoms with van der Waals surface area (Å²) in [6.07, 6.45) is 6.92. The first-order chi connectivity index (χ1) is 28.5. The molecule has 9 aromatic rings. The number of nitrogens with zero attached hydrogens (tertiary/aromatic N) is 8. The lowest BCUT2D eigenvalue weighted by molar-refractivity contribution is 1.02. The molecule has 0 fully saturated rings. The molecule has 0 amide bonds. The van der Waals surface area contributed by atoms with Crippen LogP contribution in [0.25, 0.3) is 88.3 Å². The van der Waals surface area contributed by atoms with Crippen LogP contribution < -0.4 is 0 Å². The van der Waals surface area contributed by atoms with Crippen LogP contribution in [-0.2, 0) is 51.4 Å². The Balaban J connectivity index is 1.06. The lowest BCUT2D eigenvalue weighted by Gasteiger charge is -2.02. The van der Waals surface area contributed by atoms with Crippen molar-refractivity contribution in [2.75, 3.05) is 0 Å². The molecule has 0 aliphatic carbocycles. The highest BCUT2D eigenvalue weighted by atomic mass is 14.9. The van der Waals surface area contributed by atoms with Gasteiger partial charge in [-0.3, -0.25) is 19.9 Å². The molecule has 0 atom stereocenters. The highest BCUT2D eigenvalue weighted by molar-refractivity contribution is 6.09. The largest absolute Gasteiger partial charge is 0.355 e. The summed E-state index contributed by atoms with van der Waals surface area (Å²) in [5.41, 5.74) is 22.1. The zero-order valence-corrected chi connectivity index (χ0v) is 31.3. The maximum Gasteiger partial charge on any atom is 0.115 e. The van der Waals surface area contributed by atoms with Crippen LogP contribution in [0, 0.1) is 0 Å². The van der Waals surface area contributed by atoms with E-state index in [0.29, 0.717) is 0 Å². The SMILES string of the molecule is c1cc2cc3nc(cc4[nH]c(cc5nc(cc1[nH]2)CC5)c1nc2cc5nc6c7cc8nc(cc9ccc(cc%10nc(cc([nH]7)c6nc5cc2nc41)CC%10)[nH]9)CC8)CC3. The van der Waals surface area contributed by atoms with Crippen molar-refractivity contribution >= 4 is 88.3 Å². The summed E-state index contributed by atoms with van der Waals surface area (Å²) in [7, 11) is 0. The molecule has 16 bridgehead atoms. The Hall–Kier alpha value is -7.34. The second-order valence-electron chi connectivity index (χ2n) is 15.8. The number of hydrogen-bond donors (Lipinski definition) is 4. The minimum atomic E-state index is 0.750. The van der Waals surface area contributed by atoms with Crippen LogP contribution in [0.3, 0.4) is 0 Å². The zero-order chi connectivity index (χ0) is 37.9. The molecular weight excluding hydrogens is 721 g/mol. The molecule has 0 saturated heterocycles. The minimum Gasteiger partial charge on any atom is -0.355 e.